The molecule has 0 aliphatic rings. The summed E-state index contributed by atoms with van der Waals surface area (Å²) in [6, 6.07) is 15.3. The van der Waals surface area contributed by atoms with Gasteiger partial charge >= 0.3 is 0 Å². The van der Waals surface area contributed by atoms with Crippen LogP contribution < -0.4 is 10.1 Å². The number of carbonyl (C=O) groups is 1. The third-order valence-electron chi connectivity index (χ3n) is 3.12. The number of nitrogens with one attached hydrogen (secondary N) is 1. The number of para-hydroxylation sites is 1. The Balaban J connectivity index is 2.02. The maximum atomic E-state index is 12.2. The van der Waals surface area contributed by atoms with E-state index in [4.69, 9.17) is 4.74 Å². The summed E-state index contributed by atoms with van der Waals surface area (Å²) >= 11 is 3.38. The van der Waals surface area contributed by atoms with Crippen molar-refractivity contribution in [2.45, 2.75) is 26.4 Å². The van der Waals surface area contributed by atoms with E-state index < -0.39 is 6.10 Å². The van der Waals surface area contributed by atoms with Crippen molar-refractivity contribution >= 4 is 27.5 Å². The number of aryl methyl sites for hydroxylation is 1. The Hall–Kier alpha value is -1.81. The van der Waals surface area contributed by atoms with Crippen LogP contribution in [0.2, 0.25) is 0 Å². The van der Waals surface area contributed by atoms with Crippen LogP contribution >= 0.6 is 15.9 Å². The second-order valence-electron chi connectivity index (χ2n) is 4.72. The molecule has 1 N–H and O–H groups in total. The van der Waals surface area contributed by atoms with E-state index in [-0.39, 0.29) is 5.91 Å². The number of anilines is 1. The zero-order chi connectivity index (χ0) is 15.2. The highest BCUT2D eigenvalue weighted by atomic mass is 79.9. The predicted molar refractivity (Wildman–Crippen MR) is 88.7 cm³/mol. The van der Waals surface area contributed by atoms with Gasteiger partial charge in [0.15, 0.2) is 6.10 Å². The lowest BCUT2D eigenvalue weighted by Crippen LogP contribution is -2.30. The van der Waals surface area contributed by atoms with Gasteiger partial charge in [-0.05, 0) is 43.2 Å². The Morgan fingerprint density at radius 1 is 1.24 bits per heavy atom. The maximum Gasteiger partial charge on any atom is 0.265 e. The molecule has 0 fully saturated rings. The Labute approximate surface area is 133 Å². The molecule has 2 aromatic carbocycles. The van der Waals surface area contributed by atoms with E-state index in [0.29, 0.717) is 0 Å². The molecular weight excluding hydrogens is 330 g/mol. The third-order valence-corrected chi connectivity index (χ3v) is 3.61. The first-order valence-corrected chi connectivity index (χ1v) is 7.70. The summed E-state index contributed by atoms with van der Waals surface area (Å²) in [5.74, 6) is 0.593. The fraction of sp³-hybridized carbons (Fsp3) is 0.235. The molecule has 0 heterocycles. The molecule has 21 heavy (non-hydrogen) atoms. The molecule has 0 spiro atoms. The van der Waals surface area contributed by atoms with Gasteiger partial charge in [0.25, 0.3) is 5.91 Å². The fourth-order valence-corrected chi connectivity index (χ4v) is 2.36. The first-order chi connectivity index (χ1) is 10.1. The van der Waals surface area contributed by atoms with Crippen LogP contribution in [0.4, 0.5) is 5.69 Å². The normalized spacial score (nSPS) is 11.8. The van der Waals surface area contributed by atoms with Crippen LogP contribution in [-0.4, -0.2) is 12.0 Å². The highest BCUT2D eigenvalue weighted by molar-refractivity contribution is 9.10. The highest BCUT2D eigenvalue weighted by Crippen LogP contribution is 2.20. The van der Waals surface area contributed by atoms with Crippen molar-refractivity contribution in [1.82, 2.24) is 0 Å². The summed E-state index contributed by atoms with van der Waals surface area (Å²) in [5, 5.41) is 2.85. The molecule has 3 nitrogen and oxygen atoms in total. The zero-order valence-corrected chi connectivity index (χ0v) is 13.7. The molecule has 0 aliphatic carbocycles. The van der Waals surface area contributed by atoms with Crippen LogP contribution in [0.5, 0.6) is 5.75 Å². The molecule has 0 unspecified atom stereocenters. The summed E-state index contributed by atoms with van der Waals surface area (Å²) in [4.78, 5) is 12.2. The second kappa shape index (κ2) is 7.27. The molecule has 110 valence electrons. The Morgan fingerprint density at radius 3 is 2.71 bits per heavy atom. The number of carbonyl (C=O) groups excluding carboxylic acids is 1. The summed E-state index contributed by atoms with van der Waals surface area (Å²) < 4.78 is 6.70. The Morgan fingerprint density at radius 2 is 2.00 bits per heavy atom. The molecule has 1 atom stereocenters. The largest absolute Gasteiger partial charge is 0.481 e. The Kier molecular flexibility index (Phi) is 5.39. The number of halogens is 1. The number of ether oxygens (including phenoxy) is 1. The minimum atomic E-state index is -0.559. The van der Waals surface area contributed by atoms with Crippen molar-refractivity contribution in [2.75, 3.05) is 5.32 Å². The van der Waals surface area contributed by atoms with Gasteiger partial charge in [-0.15, -0.1) is 0 Å². The van der Waals surface area contributed by atoms with E-state index >= 15 is 0 Å². The third kappa shape index (κ3) is 4.33. The van der Waals surface area contributed by atoms with Gasteiger partial charge in [-0.1, -0.05) is 47.1 Å². The molecule has 4 heteroatoms. The SMILES string of the molecule is CCc1ccccc1O[C@@H](C)C(=O)Nc1cccc(Br)c1. The average molecular weight is 348 g/mol. The second-order valence-corrected chi connectivity index (χ2v) is 5.64. The van der Waals surface area contributed by atoms with Gasteiger partial charge in [0.2, 0.25) is 0 Å². The molecule has 2 aromatic rings. The van der Waals surface area contributed by atoms with Gasteiger partial charge in [0, 0.05) is 10.2 Å². The minimum absolute atomic E-state index is 0.168. The zero-order valence-electron chi connectivity index (χ0n) is 12.1. The monoisotopic (exact) mass is 347 g/mol. The number of amides is 1. The van der Waals surface area contributed by atoms with Crippen LogP contribution in [0.1, 0.15) is 19.4 Å². The summed E-state index contributed by atoms with van der Waals surface area (Å²) in [5.41, 5.74) is 1.84. The van der Waals surface area contributed by atoms with Crippen molar-refractivity contribution in [3.8, 4) is 5.75 Å². The lowest BCUT2D eigenvalue weighted by molar-refractivity contribution is -0.122. The van der Waals surface area contributed by atoms with Crippen LogP contribution in [0.3, 0.4) is 0 Å². The smallest absolute Gasteiger partial charge is 0.265 e. The van der Waals surface area contributed by atoms with E-state index in [1.807, 2.05) is 48.5 Å². The van der Waals surface area contributed by atoms with Crippen LogP contribution in [-0.2, 0) is 11.2 Å². The van der Waals surface area contributed by atoms with Crippen molar-refractivity contribution < 1.29 is 9.53 Å². The first-order valence-electron chi connectivity index (χ1n) is 6.91. The molecule has 0 saturated heterocycles. The van der Waals surface area contributed by atoms with E-state index in [0.717, 1.165) is 27.9 Å². The molecule has 0 bridgehead atoms. The summed E-state index contributed by atoms with van der Waals surface area (Å²) in [6.45, 7) is 3.81. The van der Waals surface area contributed by atoms with Crippen molar-refractivity contribution in [2.24, 2.45) is 0 Å². The molecule has 0 saturated carbocycles. The van der Waals surface area contributed by atoms with Crippen LogP contribution in [0.25, 0.3) is 0 Å². The molecule has 1 amide bonds. The van der Waals surface area contributed by atoms with E-state index in [9.17, 15) is 4.79 Å². The lowest BCUT2D eigenvalue weighted by atomic mass is 10.1. The molecule has 2 rings (SSSR count). The fourth-order valence-electron chi connectivity index (χ4n) is 1.96. The molecule has 0 aliphatic heterocycles. The predicted octanol–water partition coefficient (Wildman–Crippen LogP) is 4.42. The van der Waals surface area contributed by atoms with Crippen LogP contribution in [0, 0.1) is 0 Å². The number of benzene rings is 2. The number of rotatable bonds is 5. The summed E-state index contributed by atoms with van der Waals surface area (Å²) in [6.07, 6.45) is 0.313. The molecule has 0 radical (unpaired) electrons. The van der Waals surface area contributed by atoms with Gasteiger partial charge < -0.3 is 10.1 Å². The van der Waals surface area contributed by atoms with Crippen LogP contribution in [0.15, 0.2) is 53.0 Å². The average Bonchev–Trinajstić information content (AvgIpc) is 2.47. The topological polar surface area (TPSA) is 38.3 Å². The van der Waals surface area contributed by atoms with Crippen molar-refractivity contribution in [3.63, 3.8) is 0 Å². The standard InChI is InChI=1S/C17H18BrNO2/c1-3-13-7-4-5-10-16(13)21-12(2)17(20)19-15-9-6-8-14(18)11-15/h4-12H,3H2,1-2H3,(H,19,20)/t12-/m0/s1. The lowest BCUT2D eigenvalue weighted by Gasteiger charge is -2.17. The van der Waals surface area contributed by atoms with Crippen molar-refractivity contribution in [1.29, 1.82) is 0 Å². The quantitative estimate of drug-likeness (QED) is 0.869. The minimum Gasteiger partial charge on any atom is -0.481 e. The number of hydrogen-bond donors (Lipinski definition) is 1. The van der Waals surface area contributed by atoms with Gasteiger partial charge in [-0.3, -0.25) is 4.79 Å². The maximum absolute atomic E-state index is 12.2. The van der Waals surface area contributed by atoms with E-state index in [2.05, 4.69) is 28.2 Å². The Bertz CT molecular complexity index is 628. The molecular formula is C17H18BrNO2. The van der Waals surface area contributed by atoms with E-state index in [1.165, 1.54) is 0 Å². The van der Waals surface area contributed by atoms with Gasteiger partial charge in [-0.2, -0.15) is 0 Å². The highest BCUT2D eigenvalue weighted by Gasteiger charge is 2.16. The number of hydrogen-bond acceptors (Lipinski definition) is 2. The summed E-state index contributed by atoms with van der Waals surface area (Å²) in [7, 11) is 0. The first kappa shape index (κ1) is 15.6. The molecule has 0 aromatic heterocycles. The van der Waals surface area contributed by atoms with Gasteiger partial charge in [-0.25, -0.2) is 0 Å². The van der Waals surface area contributed by atoms with E-state index in [1.54, 1.807) is 6.92 Å². The van der Waals surface area contributed by atoms with Gasteiger partial charge in [0.05, 0.1) is 0 Å². The van der Waals surface area contributed by atoms with Gasteiger partial charge in [0.1, 0.15) is 5.75 Å². The van der Waals surface area contributed by atoms with Crippen molar-refractivity contribution in [3.05, 3.63) is 58.6 Å².